The number of carboxylic acid groups (broad SMARTS) is 4. The summed E-state index contributed by atoms with van der Waals surface area (Å²) in [7, 11) is 4.19. The quantitative estimate of drug-likeness (QED) is 0.0405. The van der Waals surface area contributed by atoms with Crippen LogP contribution in [0.4, 0.5) is 0 Å². The molecule has 10 heteroatoms. The van der Waals surface area contributed by atoms with E-state index < -0.39 is 64.0 Å². The van der Waals surface area contributed by atoms with Crippen LogP contribution in [0.5, 0.6) is 0 Å². The van der Waals surface area contributed by atoms with Crippen LogP contribution in [0.3, 0.4) is 0 Å². The van der Waals surface area contributed by atoms with Crippen molar-refractivity contribution in [2.75, 3.05) is 14.1 Å². The van der Waals surface area contributed by atoms with Crippen molar-refractivity contribution in [3.8, 4) is 0 Å². The van der Waals surface area contributed by atoms with Gasteiger partial charge in [0, 0.05) is 22.2 Å². The molecule has 0 radical (unpaired) electrons. The second-order valence-electron chi connectivity index (χ2n) is 22.4. The lowest BCUT2D eigenvalue weighted by Gasteiger charge is -2.59. The SMILES string of the molecule is CCCCCCCCCCCCCCCCCCCCC(CC(C1CC(C)(C)N(C)C(C)(C)C1)C(CC)(C(=O)O)C(C(=O)O)(C(=O)O)C(=O)O)C1CC(C)(C)N(C)C(C)(C)C1. The zero-order valence-electron chi connectivity index (χ0n) is 41.3. The highest BCUT2D eigenvalue weighted by Crippen LogP contribution is 2.59. The molecular weight excluding hydrogens is 769 g/mol. The third-order valence-electron chi connectivity index (χ3n) is 16.6. The van der Waals surface area contributed by atoms with E-state index in [1.54, 1.807) is 0 Å². The zero-order valence-corrected chi connectivity index (χ0v) is 41.3. The number of aliphatic carboxylic acids is 4. The molecule has 3 unspecified atom stereocenters. The summed E-state index contributed by atoms with van der Waals surface area (Å²) < 4.78 is 0. The number of unbranched alkanes of at least 4 members (excludes halogenated alkanes) is 17. The molecule has 61 heavy (non-hydrogen) atoms. The second-order valence-corrected chi connectivity index (χ2v) is 22.4. The first-order valence-electron chi connectivity index (χ1n) is 24.7. The Morgan fingerprint density at radius 1 is 0.492 bits per heavy atom. The van der Waals surface area contributed by atoms with Gasteiger partial charge < -0.3 is 20.4 Å². The topological polar surface area (TPSA) is 156 Å². The van der Waals surface area contributed by atoms with E-state index in [-0.39, 0.29) is 29.3 Å². The van der Waals surface area contributed by atoms with E-state index in [0.717, 1.165) is 38.5 Å². The van der Waals surface area contributed by atoms with Crippen LogP contribution in [0.15, 0.2) is 0 Å². The number of hydrogen-bond acceptors (Lipinski definition) is 6. The summed E-state index contributed by atoms with van der Waals surface area (Å²) >= 11 is 0. The molecule has 0 amide bonds. The Morgan fingerprint density at radius 3 is 1.07 bits per heavy atom. The number of piperidine rings is 2. The van der Waals surface area contributed by atoms with Gasteiger partial charge >= 0.3 is 23.9 Å². The predicted molar refractivity (Wildman–Crippen MR) is 248 cm³/mol. The number of carboxylic acids is 4. The average molecular weight is 863 g/mol. The fourth-order valence-corrected chi connectivity index (χ4v) is 12.6. The van der Waals surface area contributed by atoms with E-state index >= 15 is 0 Å². The highest BCUT2D eigenvalue weighted by Gasteiger charge is 2.75. The molecule has 2 aliphatic rings. The second kappa shape index (κ2) is 23.6. The Labute approximate surface area is 372 Å². The van der Waals surface area contributed by atoms with Crippen LogP contribution in [-0.2, 0) is 19.2 Å². The normalized spacial score (nSPS) is 21.7. The van der Waals surface area contributed by atoms with Crippen LogP contribution in [-0.4, -0.2) is 90.4 Å². The van der Waals surface area contributed by atoms with Crippen LogP contribution in [0.2, 0.25) is 0 Å². The predicted octanol–water partition coefficient (Wildman–Crippen LogP) is 12.6. The highest BCUT2D eigenvalue weighted by atomic mass is 16.4. The van der Waals surface area contributed by atoms with Crippen LogP contribution in [0.1, 0.15) is 230 Å². The van der Waals surface area contributed by atoms with Crippen LogP contribution >= 0.6 is 0 Å². The van der Waals surface area contributed by atoms with Gasteiger partial charge in [-0.1, -0.05) is 136 Å². The third-order valence-corrected chi connectivity index (χ3v) is 16.6. The Balaban J connectivity index is 2.38. The van der Waals surface area contributed by atoms with E-state index in [0.29, 0.717) is 12.8 Å². The van der Waals surface area contributed by atoms with Crippen molar-refractivity contribution >= 4 is 23.9 Å². The Hall–Kier alpha value is -2.20. The first kappa shape index (κ1) is 54.9. The van der Waals surface area contributed by atoms with Crippen molar-refractivity contribution in [3.05, 3.63) is 0 Å². The van der Waals surface area contributed by atoms with Crippen molar-refractivity contribution in [3.63, 3.8) is 0 Å². The fraction of sp³-hybridized carbons (Fsp3) is 0.922. The molecule has 2 aliphatic heterocycles. The number of likely N-dealkylation sites (tertiary alicyclic amines) is 2. The Kier molecular flexibility index (Phi) is 21.3. The fourth-order valence-electron chi connectivity index (χ4n) is 12.6. The first-order chi connectivity index (χ1) is 28.3. The number of rotatable bonds is 30. The highest BCUT2D eigenvalue weighted by molar-refractivity contribution is 6.20. The van der Waals surface area contributed by atoms with Crippen molar-refractivity contribution in [1.29, 1.82) is 0 Å². The number of hydrogen-bond donors (Lipinski definition) is 4. The Morgan fingerprint density at radius 2 is 0.787 bits per heavy atom. The molecule has 0 aromatic carbocycles. The smallest absolute Gasteiger partial charge is 0.333 e. The lowest BCUT2D eigenvalue weighted by Crippen LogP contribution is -2.67. The van der Waals surface area contributed by atoms with Crippen molar-refractivity contribution in [2.45, 2.75) is 252 Å². The lowest BCUT2D eigenvalue weighted by atomic mass is 9.48. The molecule has 0 bridgehead atoms. The van der Waals surface area contributed by atoms with Gasteiger partial charge in [0.1, 0.15) is 5.41 Å². The van der Waals surface area contributed by atoms with Crippen molar-refractivity contribution in [2.24, 2.45) is 34.5 Å². The van der Waals surface area contributed by atoms with Crippen molar-refractivity contribution < 1.29 is 39.6 Å². The van der Waals surface area contributed by atoms with Gasteiger partial charge in [-0.2, -0.15) is 0 Å². The third kappa shape index (κ3) is 13.4. The minimum atomic E-state index is -3.58. The minimum Gasteiger partial charge on any atom is -0.481 e. The van der Waals surface area contributed by atoms with Gasteiger partial charge in [0.05, 0.1) is 0 Å². The monoisotopic (exact) mass is 863 g/mol. The summed E-state index contributed by atoms with van der Waals surface area (Å²) in [5.41, 5.74) is -7.44. The summed E-state index contributed by atoms with van der Waals surface area (Å²) in [6.45, 7) is 21.1. The molecule has 0 aliphatic carbocycles. The molecule has 0 aromatic heterocycles. The molecule has 4 N–H and O–H groups in total. The lowest BCUT2D eigenvalue weighted by molar-refractivity contribution is -0.206. The van der Waals surface area contributed by atoms with E-state index in [2.05, 4.69) is 79.2 Å². The summed E-state index contributed by atoms with van der Waals surface area (Å²) in [5.74, 6) is -9.42. The maximum absolute atomic E-state index is 14.0. The Bertz CT molecular complexity index is 1320. The zero-order chi connectivity index (χ0) is 46.5. The molecule has 0 spiro atoms. The molecular formula is C51H94N2O8. The van der Waals surface area contributed by atoms with Gasteiger partial charge in [0.25, 0.3) is 5.41 Å². The summed E-state index contributed by atoms with van der Waals surface area (Å²) in [6.07, 6.45) is 26.3. The number of carbonyl (C=O) groups is 4. The maximum atomic E-state index is 14.0. The molecule has 2 saturated heterocycles. The molecule has 2 fully saturated rings. The summed E-state index contributed by atoms with van der Waals surface area (Å²) in [5, 5.41) is 43.6. The molecule has 0 saturated carbocycles. The van der Waals surface area contributed by atoms with Crippen LogP contribution < -0.4 is 0 Å². The molecule has 2 rings (SSSR count). The van der Waals surface area contributed by atoms with Crippen LogP contribution in [0.25, 0.3) is 0 Å². The standard InChI is InChI=1S/C51H94N2O8/c1-13-15-16-17-18-19-20-21-22-23-24-25-26-27-28-29-30-31-32-38(39-34-46(3,4)52(11)47(5,6)35-39)33-41(40-36-48(7,8)53(12)49(9,10)37-40)50(14-2,42(54)55)51(43(56)57,44(58)59)45(60)61/h38-41H,13-37H2,1-12H3,(H,54,55)(H,56,57)(H,58,59)(H,60,61). The summed E-state index contributed by atoms with van der Waals surface area (Å²) in [6, 6.07) is 0. The van der Waals surface area contributed by atoms with Gasteiger partial charge in [0.2, 0.25) is 0 Å². The molecule has 3 atom stereocenters. The van der Waals surface area contributed by atoms with Gasteiger partial charge in [-0.05, 0) is 132 Å². The molecule has 2 heterocycles. The largest absolute Gasteiger partial charge is 0.481 e. The number of nitrogens with zero attached hydrogens (tertiary/aromatic N) is 2. The van der Waals surface area contributed by atoms with E-state index in [9.17, 15) is 39.6 Å². The average Bonchev–Trinajstić information content (AvgIpc) is 3.14. The summed E-state index contributed by atoms with van der Waals surface area (Å²) in [4.78, 5) is 58.6. The van der Waals surface area contributed by atoms with E-state index in [4.69, 9.17) is 0 Å². The van der Waals surface area contributed by atoms with Gasteiger partial charge in [-0.3, -0.25) is 29.0 Å². The molecule has 10 nitrogen and oxygen atoms in total. The van der Waals surface area contributed by atoms with Gasteiger partial charge in [-0.15, -0.1) is 0 Å². The van der Waals surface area contributed by atoms with E-state index in [1.807, 2.05) is 7.05 Å². The minimum absolute atomic E-state index is 0.0523. The molecule has 0 aromatic rings. The first-order valence-corrected chi connectivity index (χ1v) is 24.7. The molecule has 356 valence electrons. The van der Waals surface area contributed by atoms with Gasteiger partial charge in [-0.25, -0.2) is 0 Å². The van der Waals surface area contributed by atoms with E-state index in [1.165, 1.54) is 103 Å². The van der Waals surface area contributed by atoms with Crippen molar-refractivity contribution in [1.82, 2.24) is 9.80 Å². The maximum Gasteiger partial charge on any atom is 0.333 e. The van der Waals surface area contributed by atoms with Crippen LogP contribution in [0, 0.1) is 34.5 Å². The van der Waals surface area contributed by atoms with Gasteiger partial charge in [0.15, 0.2) is 0 Å².